The normalized spacial score (nSPS) is 22.6. The maximum absolute atomic E-state index is 11.8. The predicted molar refractivity (Wildman–Crippen MR) is 73.5 cm³/mol. The minimum absolute atomic E-state index is 0.0837. The number of rotatable bonds is 4. The number of likely N-dealkylation sites (N-methyl/N-ethyl adjacent to an activating group) is 1. The molecule has 5 nitrogen and oxygen atoms in total. The molecule has 2 rings (SSSR count). The first-order valence-corrected chi connectivity index (χ1v) is 6.38. The molecule has 0 aromatic heterocycles. The second-order valence-corrected chi connectivity index (χ2v) is 4.87. The highest BCUT2D eigenvalue weighted by Crippen LogP contribution is 2.29. The first kappa shape index (κ1) is 13.8. The molecule has 0 amide bonds. The van der Waals surface area contributed by atoms with Gasteiger partial charge < -0.3 is 20.1 Å². The number of carbonyl (C=O) groups excluding carboxylic acids is 1. The number of nitrogens with one attached hydrogen (secondary N) is 1. The Balaban J connectivity index is 2.27. The van der Waals surface area contributed by atoms with Crippen molar-refractivity contribution in [1.82, 2.24) is 5.32 Å². The van der Waals surface area contributed by atoms with Crippen molar-refractivity contribution in [2.45, 2.75) is 12.0 Å². The van der Waals surface area contributed by atoms with E-state index in [0.717, 1.165) is 18.7 Å². The number of hydrogen-bond donors (Lipinski definition) is 2. The van der Waals surface area contributed by atoms with Crippen LogP contribution in [-0.2, 0) is 4.74 Å². The number of aliphatic hydroxyl groups excluding tert-OH is 1. The summed E-state index contributed by atoms with van der Waals surface area (Å²) in [5.41, 5.74) is 1.14. The van der Waals surface area contributed by atoms with Crippen LogP contribution in [0.4, 0.5) is 5.69 Å². The van der Waals surface area contributed by atoms with E-state index in [9.17, 15) is 9.90 Å². The van der Waals surface area contributed by atoms with Gasteiger partial charge in [-0.25, -0.2) is 4.79 Å². The lowest BCUT2D eigenvalue weighted by atomic mass is 10.0. The second-order valence-electron chi connectivity index (χ2n) is 4.87. The monoisotopic (exact) mass is 264 g/mol. The Bertz CT molecular complexity index is 458. The Kier molecular flexibility index (Phi) is 4.07. The van der Waals surface area contributed by atoms with Gasteiger partial charge in [0, 0.05) is 13.1 Å². The number of esters is 1. The van der Waals surface area contributed by atoms with Crippen molar-refractivity contribution in [3.63, 3.8) is 0 Å². The van der Waals surface area contributed by atoms with E-state index in [1.54, 1.807) is 6.07 Å². The number of hydrogen-bond acceptors (Lipinski definition) is 5. The summed E-state index contributed by atoms with van der Waals surface area (Å²) in [4.78, 5) is 13.9. The Morgan fingerprint density at radius 2 is 2.26 bits per heavy atom. The molecule has 1 heterocycles. The summed E-state index contributed by atoms with van der Waals surface area (Å²) in [6, 6.07) is 7.40. The molecule has 1 atom stereocenters. The summed E-state index contributed by atoms with van der Waals surface area (Å²) in [5.74, 6) is -0.332. The Hall–Kier alpha value is -1.59. The zero-order valence-corrected chi connectivity index (χ0v) is 11.3. The Morgan fingerprint density at radius 1 is 1.53 bits per heavy atom. The number of benzene rings is 1. The van der Waals surface area contributed by atoms with Crippen LogP contribution >= 0.6 is 0 Å². The smallest absolute Gasteiger partial charge is 0.339 e. The highest BCUT2D eigenvalue weighted by atomic mass is 16.5. The van der Waals surface area contributed by atoms with Crippen LogP contribution in [0.15, 0.2) is 24.3 Å². The molecule has 2 N–H and O–H groups in total. The molecule has 19 heavy (non-hydrogen) atoms. The van der Waals surface area contributed by atoms with Gasteiger partial charge in [-0.05, 0) is 25.6 Å². The van der Waals surface area contributed by atoms with E-state index in [0.29, 0.717) is 12.1 Å². The standard InChI is InChI=1S/C14H20N2O3/c1-15-14(10-17)7-8-16(9-14)12-6-4-3-5-11(12)13(18)19-2/h3-6,15,17H,7-10H2,1-2H3. The SMILES string of the molecule is CNC1(CO)CCN(c2ccccc2C(=O)OC)C1. The van der Waals surface area contributed by atoms with Crippen molar-refractivity contribution >= 4 is 11.7 Å². The van der Waals surface area contributed by atoms with Crippen LogP contribution in [0.5, 0.6) is 0 Å². The average Bonchev–Trinajstić information content (AvgIpc) is 2.91. The predicted octanol–water partition coefficient (Wildman–Crippen LogP) is 0.634. The molecule has 1 saturated heterocycles. The van der Waals surface area contributed by atoms with E-state index in [2.05, 4.69) is 10.2 Å². The number of nitrogens with zero attached hydrogens (tertiary/aromatic N) is 1. The van der Waals surface area contributed by atoms with Gasteiger partial charge in [0.15, 0.2) is 0 Å². The Morgan fingerprint density at radius 3 is 2.84 bits per heavy atom. The van der Waals surface area contributed by atoms with Gasteiger partial charge in [0.05, 0.1) is 30.5 Å². The van der Waals surface area contributed by atoms with Gasteiger partial charge in [0.1, 0.15) is 0 Å². The van der Waals surface area contributed by atoms with Crippen molar-refractivity contribution in [3.05, 3.63) is 29.8 Å². The quantitative estimate of drug-likeness (QED) is 0.781. The first-order valence-electron chi connectivity index (χ1n) is 6.38. The van der Waals surface area contributed by atoms with E-state index in [4.69, 9.17) is 4.74 Å². The molecule has 5 heteroatoms. The third-order valence-corrected chi connectivity index (χ3v) is 3.84. The van der Waals surface area contributed by atoms with Gasteiger partial charge in [0.2, 0.25) is 0 Å². The lowest BCUT2D eigenvalue weighted by Crippen LogP contribution is -2.48. The molecule has 0 bridgehead atoms. The minimum Gasteiger partial charge on any atom is -0.465 e. The molecule has 0 aliphatic carbocycles. The van der Waals surface area contributed by atoms with Crippen LogP contribution in [0.2, 0.25) is 0 Å². The largest absolute Gasteiger partial charge is 0.465 e. The van der Waals surface area contributed by atoms with Crippen molar-refractivity contribution in [2.24, 2.45) is 0 Å². The lowest BCUT2D eigenvalue weighted by Gasteiger charge is -2.27. The summed E-state index contributed by atoms with van der Waals surface area (Å²) < 4.78 is 4.81. The molecular weight excluding hydrogens is 244 g/mol. The van der Waals surface area contributed by atoms with E-state index in [-0.39, 0.29) is 18.1 Å². The first-order chi connectivity index (χ1) is 9.15. The zero-order valence-electron chi connectivity index (χ0n) is 11.3. The van der Waals surface area contributed by atoms with E-state index >= 15 is 0 Å². The fourth-order valence-electron chi connectivity index (χ4n) is 2.52. The fraction of sp³-hybridized carbons (Fsp3) is 0.500. The minimum atomic E-state index is -0.332. The molecule has 0 spiro atoms. The van der Waals surface area contributed by atoms with Gasteiger partial charge in [0.25, 0.3) is 0 Å². The molecule has 1 aliphatic heterocycles. The third-order valence-electron chi connectivity index (χ3n) is 3.84. The molecule has 1 aromatic carbocycles. The molecule has 0 radical (unpaired) electrons. The van der Waals surface area contributed by atoms with Crippen molar-refractivity contribution < 1.29 is 14.6 Å². The molecule has 104 valence electrons. The number of carbonyl (C=O) groups is 1. The van der Waals surface area contributed by atoms with Crippen LogP contribution in [0.1, 0.15) is 16.8 Å². The molecular formula is C14H20N2O3. The molecule has 1 aromatic rings. The van der Waals surface area contributed by atoms with Gasteiger partial charge in [-0.1, -0.05) is 12.1 Å². The van der Waals surface area contributed by atoms with Crippen molar-refractivity contribution in [1.29, 1.82) is 0 Å². The summed E-state index contributed by atoms with van der Waals surface area (Å²) >= 11 is 0. The number of aliphatic hydroxyl groups is 1. The second kappa shape index (κ2) is 5.59. The molecule has 1 fully saturated rings. The van der Waals surface area contributed by atoms with E-state index in [1.807, 2.05) is 25.2 Å². The van der Waals surface area contributed by atoms with Crippen molar-refractivity contribution in [2.75, 3.05) is 38.8 Å². The molecule has 0 saturated carbocycles. The molecule has 1 unspecified atom stereocenters. The highest BCUT2D eigenvalue weighted by Gasteiger charge is 2.37. The van der Waals surface area contributed by atoms with Crippen LogP contribution in [-0.4, -0.2) is 50.5 Å². The fourth-order valence-corrected chi connectivity index (χ4v) is 2.52. The van der Waals surface area contributed by atoms with Gasteiger partial charge in [-0.3, -0.25) is 0 Å². The zero-order chi connectivity index (χ0) is 13.9. The number of ether oxygens (including phenoxy) is 1. The van der Waals surface area contributed by atoms with E-state index in [1.165, 1.54) is 7.11 Å². The molecule has 1 aliphatic rings. The topological polar surface area (TPSA) is 61.8 Å². The van der Waals surface area contributed by atoms with Gasteiger partial charge in [-0.15, -0.1) is 0 Å². The maximum Gasteiger partial charge on any atom is 0.339 e. The summed E-state index contributed by atoms with van der Waals surface area (Å²) in [7, 11) is 3.24. The van der Waals surface area contributed by atoms with Crippen LogP contribution < -0.4 is 10.2 Å². The van der Waals surface area contributed by atoms with Crippen molar-refractivity contribution in [3.8, 4) is 0 Å². The van der Waals surface area contributed by atoms with Gasteiger partial charge >= 0.3 is 5.97 Å². The Labute approximate surface area is 113 Å². The summed E-state index contributed by atoms with van der Waals surface area (Å²) in [6.45, 7) is 1.56. The van der Waals surface area contributed by atoms with Crippen LogP contribution in [0.3, 0.4) is 0 Å². The van der Waals surface area contributed by atoms with E-state index < -0.39 is 0 Å². The lowest BCUT2D eigenvalue weighted by molar-refractivity contribution is 0.0601. The summed E-state index contributed by atoms with van der Waals surface area (Å²) in [6.07, 6.45) is 0.843. The third kappa shape index (κ3) is 2.57. The summed E-state index contributed by atoms with van der Waals surface area (Å²) in [5, 5.41) is 12.7. The number of anilines is 1. The average molecular weight is 264 g/mol. The number of methoxy groups -OCH3 is 1. The van der Waals surface area contributed by atoms with Crippen LogP contribution in [0, 0.1) is 0 Å². The highest BCUT2D eigenvalue weighted by molar-refractivity contribution is 5.95. The number of para-hydroxylation sites is 1. The van der Waals surface area contributed by atoms with Crippen LogP contribution in [0.25, 0.3) is 0 Å². The van der Waals surface area contributed by atoms with Gasteiger partial charge in [-0.2, -0.15) is 0 Å². The maximum atomic E-state index is 11.8.